The molecule has 10 heteroatoms. The number of aliphatic hydroxyl groups is 1. The topological polar surface area (TPSA) is 121 Å². The number of rotatable bonds is 4. The summed E-state index contributed by atoms with van der Waals surface area (Å²) >= 11 is 0. The van der Waals surface area contributed by atoms with Gasteiger partial charge in [-0.1, -0.05) is 18.2 Å². The average Bonchev–Trinajstić information content (AvgIpc) is 3.39. The quantitative estimate of drug-likeness (QED) is 0.662. The Balaban J connectivity index is 1.47. The number of ether oxygens (including phenoxy) is 3. The number of carbonyl (C=O) groups excluding carboxylic acids is 1. The van der Waals surface area contributed by atoms with Crippen LogP contribution in [0.3, 0.4) is 0 Å². The first-order valence-corrected chi connectivity index (χ1v) is 9.63. The highest BCUT2D eigenvalue weighted by molar-refractivity contribution is 6.06. The highest BCUT2D eigenvalue weighted by Crippen LogP contribution is 2.43. The molecule has 2 aliphatic rings. The molecule has 2 N–H and O–H groups in total. The van der Waals surface area contributed by atoms with E-state index in [1.54, 1.807) is 35.2 Å². The first-order valence-electron chi connectivity index (χ1n) is 9.63. The van der Waals surface area contributed by atoms with Crippen molar-refractivity contribution < 1.29 is 24.1 Å². The van der Waals surface area contributed by atoms with Crippen LogP contribution in [0.25, 0.3) is 11.2 Å². The molecule has 0 radical (unpaired) electrons. The van der Waals surface area contributed by atoms with E-state index < -0.39 is 30.3 Å². The molecule has 2 fully saturated rings. The summed E-state index contributed by atoms with van der Waals surface area (Å²) in [6, 6.07) is 8.84. The summed E-state index contributed by atoms with van der Waals surface area (Å²) in [6.45, 7) is 3.45. The minimum atomic E-state index is -0.787. The zero-order valence-corrected chi connectivity index (χ0v) is 16.4. The second-order valence-corrected chi connectivity index (χ2v) is 7.68. The van der Waals surface area contributed by atoms with Gasteiger partial charge in [0, 0.05) is 5.56 Å². The lowest BCUT2D eigenvalue weighted by Crippen LogP contribution is -2.31. The molecule has 2 saturated heterocycles. The molecule has 3 aromatic rings. The molecule has 1 amide bonds. The zero-order valence-electron chi connectivity index (χ0n) is 16.4. The van der Waals surface area contributed by atoms with E-state index in [2.05, 4.69) is 20.3 Å². The minimum absolute atomic E-state index is 0.197. The number of nitrogens with one attached hydrogen (secondary N) is 1. The number of aliphatic hydroxyl groups excluding tert-OH is 1. The lowest BCUT2D eigenvalue weighted by molar-refractivity contribution is -0.199. The molecule has 1 aromatic carbocycles. The summed E-state index contributed by atoms with van der Waals surface area (Å²) in [7, 11) is 0. The molecule has 4 heterocycles. The summed E-state index contributed by atoms with van der Waals surface area (Å²) in [5.41, 5.74) is 1.41. The van der Waals surface area contributed by atoms with Crippen molar-refractivity contribution in [2.24, 2.45) is 0 Å². The number of benzene rings is 1. The Morgan fingerprint density at radius 1 is 1.17 bits per heavy atom. The molecular weight excluding hydrogens is 390 g/mol. The second kappa shape index (κ2) is 7.10. The van der Waals surface area contributed by atoms with Crippen LogP contribution in [0.5, 0.6) is 0 Å². The van der Waals surface area contributed by atoms with Gasteiger partial charge in [0.25, 0.3) is 5.91 Å². The Morgan fingerprint density at radius 3 is 2.70 bits per heavy atom. The van der Waals surface area contributed by atoms with Gasteiger partial charge in [0.1, 0.15) is 24.6 Å². The number of carbonyl (C=O) groups is 1. The van der Waals surface area contributed by atoms with Crippen LogP contribution in [-0.2, 0) is 14.2 Å². The van der Waals surface area contributed by atoms with E-state index in [1.807, 2.05) is 19.9 Å². The molecule has 0 spiro atoms. The first kappa shape index (κ1) is 19.1. The molecule has 156 valence electrons. The lowest BCUT2D eigenvalue weighted by Gasteiger charge is -2.24. The van der Waals surface area contributed by atoms with Gasteiger partial charge in [-0.15, -0.1) is 0 Å². The number of imidazole rings is 1. The Hall–Kier alpha value is -2.92. The van der Waals surface area contributed by atoms with Crippen LogP contribution in [0.1, 0.15) is 30.4 Å². The molecule has 1 unspecified atom stereocenters. The number of hydrogen-bond acceptors (Lipinski definition) is 8. The van der Waals surface area contributed by atoms with Gasteiger partial charge in [-0.25, -0.2) is 15.0 Å². The fourth-order valence-electron chi connectivity index (χ4n) is 3.93. The molecule has 0 saturated carbocycles. The number of hydrogen-bond donors (Lipinski definition) is 2. The van der Waals surface area contributed by atoms with Gasteiger partial charge in [0.05, 0.1) is 12.9 Å². The molecule has 2 aliphatic heterocycles. The monoisotopic (exact) mass is 411 g/mol. The maximum absolute atomic E-state index is 12.5. The van der Waals surface area contributed by atoms with E-state index in [0.29, 0.717) is 22.5 Å². The van der Waals surface area contributed by atoms with Gasteiger partial charge in [0.2, 0.25) is 0 Å². The van der Waals surface area contributed by atoms with Crippen molar-refractivity contribution in [1.82, 2.24) is 19.5 Å². The van der Waals surface area contributed by atoms with Gasteiger partial charge in [0.15, 0.2) is 29.0 Å². The van der Waals surface area contributed by atoms with Gasteiger partial charge in [-0.05, 0) is 26.0 Å². The van der Waals surface area contributed by atoms with Gasteiger partial charge >= 0.3 is 0 Å². The van der Waals surface area contributed by atoms with Crippen molar-refractivity contribution in [1.29, 1.82) is 0 Å². The zero-order chi connectivity index (χ0) is 20.9. The highest BCUT2D eigenvalue weighted by Gasteiger charge is 2.56. The molecule has 0 bridgehead atoms. The van der Waals surface area contributed by atoms with Crippen LogP contribution in [0.4, 0.5) is 5.82 Å². The van der Waals surface area contributed by atoms with Gasteiger partial charge in [-0.3, -0.25) is 9.36 Å². The predicted octanol–water partition coefficient (Wildman–Crippen LogP) is 1.49. The van der Waals surface area contributed by atoms with Crippen molar-refractivity contribution in [3.63, 3.8) is 0 Å². The first-order chi connectivity index (χ1) is 14.5. The fraction of sp³-hybridized carbons (Fsp3) is 0.400. The van der Waals surface area contributed by atoms with Crippen LogP contribution in [-0.4, -0.2) is 61.2 Å². The smallest absolute Gasteiger partial charge is 0.256 e. The molecule has 2 aromatic heterocycles. The Morgan fingerprint density at radius 2 is 1.93 bits per heavy atom. The second-order valence-electron chi connectivity index (χ2n) is 7.68. The van der Waals surface area contributed by atoms with Crippen LogP contribution < -0.4 is 5.32 Å². The van der Waals surface area contributed by atoms with E-state index in [1.165, 1.54) is 6.33 Å². The molecule has 4 atom stereocenters. The van der Waals surface area contributed by atoms with E-state index in [-0.39, 0.29) is 12.5 Å². The summed E-state index contributed by atoms with van der Waals surface area (Å²) < 4.78 is 19.6. The maximum Gasteiger partial charge on any atom is 0.256 e. The van der Waals surface area contributed by atoms with E-state index in [0.717, 1.165) is 0 Å². The standard InChI is InChI=1S/C20H21N5O5/c1-20(2)29-14-12(8-26)28-19(15(14)30-20)25-10-23-13-16(21-9-22-17(13)25)24-18(27)11-6-4-3-5-7-11/h3-7,9-10,12,14-15,19,26H,8H2,1-2H3,(H,21,22,24,27)/t12-,14-,15+,19?/m1/s1. The van der Waals surface area contributed by atoms with Crippen molar-refractivity contribution in [2.45, 2.75) is 44.2 Å². The molecule has 10 nitrogen and oxygen atoms in total. The summed E-state index contributed by atoms with van der Waals surface area (Å²) in [6.07, 6.45) is 0.948. The Kier molecular flexibility index (Phi) is 4.51. The van der Waals surface area contributed by atoms with Crippen LogP contribution in [0.2, 0.25) is 0 Å². The summed E-state index contributed by atoms with van der Waals surface area (Å²) in [5.74, 6) is -0.785. The number of anilines is 1. The Labute approximate surface area is 171 Å². The SMILES string of the molecule is CC1(C)O[C@H]2[C@H](O1)C(n1cnc3c(NC(=O)c4ccccc4)ncnc31)O[C@@H]2CO. The maximum atomic E-state index is 12.5. The lowest BCUT2D eigenvalue weighted by atomic mass is 10.1. The largest absolute Gasteiger partial charge is 0.394 e. The number of amides is 1. The third-order valence-electron chi connectivity index (χ3n) is 5.21. The Bertz CT molecular complexity index is 1090. The molecule has 5 rings (SSSR count). The van der Waals surface area contributed by atoms with Crippen molar-refractivity contribution in [2.75, 3.05) is 11.9 Å². The highest BCUT2D eigenvalue weighted by atomic mass is 16.8. The van der Waals surface area contributed by atoms with Crippen molar-refractivity contribution in [3.05, 3.63) is 48.5 Å². The summed E-state index contributed by atoms with van der Waals surface area (Å²) in [4.78, 5) is 25.4. The van der Waals surface area contributed by atoms with Crippen molar-refractivity contribution in [3.8, 4) is 0 Å². The van der Waals surface area contributed by atoms with E-state index >= 15 is 0 Å². The van der Waals surface area contributed by atoms with Gasteiger partial charge < -0.3 is 24.6 Å². The van der Waals surface area contributed by atoms with Crippen LogP contribution >= 0.6 is 0 Å². The third-order valence-corrected chi connectivity index (χ3v) is 5.21. The van der Waals surface area contributed by atoms with Crippen LogP contribution in [0.15, 0.2) is 43.0 Å². The summed E-state index contributed by atoms with van der Waals surface area (Å²) in [5, 5.41) is 12.5. The molecule has 0 aliphatic carbocycles. The number of fused-ring (bicyclic) bond motifs is 2. The third kappa shape index (κ3) is 3.14. The van der Waals surface area contributed by atoms with Crippen molar-refractivity contribution >= 4 is 22.9 Å². The average molecular weight is 411 g/mol. The van der Waals surface area contributed by atoms with E-state index in [4.69, 9.17) is 14.2 Å². The number of aromatic nitrogens is 4. The fourth-order valence-corrected chi connectivity index (χ4v) is 3.93. The normalized spacial score (nSPS) is 27.3. The number of nitrogens with zero attached hydrogens (tertiary/aromatic N) is 4. The molecular formula is C20H21N5O5. The van der Waals surface area contributed by atoms with Gasteiger partial charge in [-0.2, -0.15) is 0 Å². The predicted molar refractivity (Wildman–Crippen MR) is 105 cm³/mol. The van der Waals surface area contributed by atoms with E-state index in [9.17, 15) is 9.90 Å². The van der Waals surface area contributed by atoms with Crippen LogP contribution in [0, 0.1) is 0 Å². The molecule has 30 heavy (non-hydrogen) atoms. The minimum Gasteiger partial charge on any atom is -0.394 e.